The molecule has 0 aliphatic carbocycles. The number of rotatable bonds is 4. The lowest BCUT2D eigenvalue weighted by Gasteiger charge is -2.13. The van der Waals surface area contributed by atoms with Gasteiger partial charge >= 0.3 is 0 Å². The predicted octanol–water partition coefficient (Wildman–Crippen LogP) is 3.83. The van der Waals surface area contributed by atoms with Crippen LogP contribution in [-0.4, -0.2) is 10.9 Å². The fourth-order valence-electron chi connectivity index (χ4n) is 2.07. The number of hydrogen-bond donors (Lipinski definition) is 1. The summed E-state index contributed by atoms with van der Waals surface area (Å²) in [5, 5.41) is 12.5. The van der Waals surface area contributed by atoms with Crippen molar-refractivity contribution in [2.75, 3.05) is 0 Å². The van der Waals surface area contributed by atoms with E-state index in [4.69, 9.17) is 11.6 Å². The maximum atomic E-state index is 12.3. The number of nitrogens with one attached hydrogen (secondary N) is 1. The average Bonchev–Trinajstić information content (AvgIpc) is 2.56. The van der Waals surface area contributed by atoms with Gasteiger partial charge in [0, 0.05) is 6.20 Å². The fraction of sp³-hybridized carbons (Fsp3) is 0.167. The predicted molar refractivity (Wildman–Crippen MR) is 90.6 cm³/mol. The van der Waals surface area contributed by atoms with Gasteiger partial charge in [-0.1, -0.05) is 41.9 Å². The normalized spacial score (nSPS) is 12.3. The molecule has 5 heteroatoms. The molecule has 0 saturated carbocycles. The van der Waals surface area contributed by atoms with Crippen LogP contribution in [0.1, 0.15) is 29.7 Å². The minimum atomic E-state index is -0.420. The Morgan fingerprint density at radius 3 is 2.70 bits per heavy atom. The molecule has 0 fully saturated rings. The van der Waals surface area contributed by atoms with Gasteiger partial charge in [-0.25, -0.2) is 4.98 Å². The Labute approximate surface area is 140 Å². The smallest absolute Gasteiger partial charge is 0.262 e. The largest absolute Gasteiger partial charge is 0.345 e. The molecule has 1 heterocycles. The van der Waals surface area contributed by atoms with Crippen molar-refractivity contribution < 1.29 is 4.79 Å². The minimum Gasteiger partial charge on any atom is -0.345 e. The number of benzene rings is 1. The summed E-state index contributed by atoms with van der Waals surface area (Å²) >= 11 is 5.87. The Morgan fingerprint density at radius 2 is 2.09 bits per heavy atom. The van der Waals surface area contributed by atoms with Crippen LogP contribution in [0.15, 0.2) is 48.2 Å². The summed E-state index contributed by atoms with van der Waals surface area (Å²) in [6.45, 7) is 3.69. The lowest BCUT2D eigenvalue weighted by atomic mass is 10.1. The van der Waals surface area contributed by atoms with Gasteiger partial charge in [0.1, 0.15) is 16.8 Å². The molecule has 116 valence electrons. The average molecular weight is 326 g/mol. The number of halogens is 1. The number of carbonyl (C=O) groups is 1. The topological polar surface area (TPSA) is 65.8 Å². The van der Waals surface area contributed by atoms with E-state index in [2.05, 4.69) is 10.3 Å². The van der Waals surface area contributed by atoms with Crippen LogP contribution in [0.5, 0.6) is 0 Å². The number of aromatic nitrogens is 1. The monoisotopic (exact) mass is 325 g/mol. The maximum Gasteiger partial charge on any atom is 0.262 e. The Morgan fingerprint density at radius 1 is 1.39 bits per heavy atom. The van der Waals surface area contributed by atoms with E-state index in [1.54, 1.807) is 6.07 Å². The quantitative estimate of drug-likeness (QED) is 0.528. The fourth-order valence-corrected chi connectivity index (χ4v) is 2.18. The molecule has 1 aromatic heterocycles. The Bertz CT molecular complexity index is 779. The zero-order valence-electron chi connectivity index (χ0n) is 12.9. The van der Waals surface area contributed by atoms with Crippen molar-refractivity contribution in [1.82, 2.24) is 10.3 Å². The summed E-state index contributed by atoms with van der Waals surface area (Å²) in [6, 6.07) is 13.1. The molecular weight excluding hydrogens is 310 g/mol. The molecule has 0 aliphatic rings. The van der Waals surface area contributed by atoms with E-state index >= 15 is 0 Å². The molecule has 1 amide bonds. The van der Waals surface area contributed by atoms with Crippen molar-refractivity contribution in [2.45, 2.75) is 19.9 Å². The van der Waals surface area contributed by atoms with E-state index in [0.717, 1.165) is 11.1 Å². The summed E-state index contributed by atoms with van der Waals surface area (Å²) < 4.78 is 0. The van der Waals surface area contributed by atoms with Crippen molar-refractivity contribution in [1.29, 1.82) is 5.26 Å². The van der Waals surface area contributed by atoms with Crippen molar-refractivity contribution in [3.8, 4) is 6.07 Å². The van der Waals surface area contributed by atoms with E-state index in [-0.39, 0.29) is 11.6 Å². The lowest BCUT2D eigenvalue weighted by molar-refractivity contribution is -0.117. The molecule has 4 nitrogen and oxygen atoms in total. The van der Waals surface area contributed by atoms with Crippen molar-refractivity contribution >= 4 is 23.6 Å². The molecule has 2 aromatic rings. The molecule has 0 radical (unpaired) electrons. The molecule has 1 aromatic carbocycles. The molecule has 2 rings (SSSR count). The summed E-state index contributed by atoms with van der Waals surface area (Å²) in [5.74, 6) is -0.420. The number of aryl methyl sites for hydroxylation is 1. The Balaban J connectivity index is 2.17. The zero-order valence-corrected chi connectivity index (χ0v) is 13.6. The van der Waals surface area contributed by atoms with Crippen LogP contribution in [0.3, 0.4) is 0 Å². The van der Waals surface area contributed by atoms with Crippen molar-refractivity contribution in [3.05, 3.63) is 70.0 Å². The summed E-state index contributed by atoms with van der Waals surface area (Å²) in [6.07, 6.45) is 3.03. The number of amides is 1. The van der Waals surface area contributed by atoms with E-state index in [0.29, 0.717) is 10.7 Å². The first-order valence-electron chi connectivity index (χ1n) is 7.11. The van der Waals surface area contributed by atoms with Gasteiger partial charge in [-0.3, -0.25) is 4.79 Å². The van der Waals surface area contributed by atoms with Crippen LogP contribution in [0.4, 0.5) is 0 Å². The first kappa shape index (κ1) is 16.7. The number of pyridine rings is 1. The van der Waals surface area contributed by atoms with E-state index in [1.807, 2.05) is 50.2 Å². The molecule has 23 heavy (non-hydrogen) atoms. The van der Waals surface area contributed by atoms with Crippen molar-refractivity contribution in [2.24, 2.45) is 0 Å². The Hall–Kier alpha value is -2.64. The van der Waals surface area contributed by atoms with Crippen LogP contribution in [-0.2, 0) is 4.79 Å². The third kappa shape index (κ3) is 4.41. The second kappa shape index (κ2) is 7.57. The molecule has 1 atom stereocenters. The van der Waals surface area contributed by atoms with Gasteiger partial charge in [0.2, 0.25) is 0 Å². The third-order valence-electron chi connectivity index (χ3n) is 3.36. The van der Waals surface area contributed by atoms with E-state index in [1.165, 1.54) is 12.3 Å². The lowest BCUT2D eigenvalue weighted by Crippen LogP contribution is -2.27. The highest BCUT2D eigenvalue weighted by Crippen LogP contribution is 2.16. The van der Waals surface area contributed by atoms with Crippen LogP contribution < -0.4 is 5.32 Å². The SMILES string of the molecule is Cc1cc(/C=C(/C#N)C(=O)NC(C)c2ccccc2)cnc1Cl. The van der Waals surface area contributed by atoms with Gasteiger partial charge < -0.3 is 5.32 Å². The maximum absolute atomic E-state index is 12.3. The molecule has 1 unspecified atom stereocenters. The summed E-state index contributed by atoms with van der Waals surface area (Å²) in [4.78, 5) is 16.3. The molecule has 1 N–H and O–H groups in total. The van der Waals surface area contributed by atoms with Gasteiger partial charge in [0.15, 0.2) is 0 Å². The first-order chi connectivity index (χ1) is 11.0. The number of carbonyl (C=O) groups excluding carboxylic acids is 1. The van der Waals surface area contributed by atoms with Gasteiger partial charge in [-0.2, -0.15) is 5.26 Å². The number of nitriles is 1. The third-order valence-corrected chi connectivity index (χ3v) is 3.75. The molecule has 0 saturated heterocycles. The number of nitrogens with zero attached hydrogens (tertiary/aromatic N) is 2. The van der Waals surface area contributed by atoms with Crippen LogP contribution in [0.2, 0.25) is 5.15 Å². The van der Waals surface area contributed by atoms with Gasteiger partial charge in [0.25, 0.3) is 5.91 Å². The highest BCUT2D eigenvalue weighted by molar-refractivity contribution is 6.30. The van der Waals surface area contributed by atoms with Crippen LogP contribution in [0.25, 0.3) is 6.08 Å². The highest BCUT2D eigenvalue weighted by atomic mass is 35.5. The molecule has 0 spiro atoms. The van der Waals surface area contributed by atoms with E-state index in [9.17, 15) is 10.1 Å². The van der Waals surface area contributed by atoms with Crippen LogP contribution >= 0.6 is 11.6 Å². The second-order valence-electron chi connectivity index (χ2n) is 5.15. The zero-order chi connectivity index (χ0) is 16.8. The van der Waals surface area contributed by atoms with Crippen LogP contribution in [0, 0.1) is 18.3 Å². The summed E-state index contributed by atoms with van der Waals surface area (Å²) in [5.41, 5.74) is 2.44. The van der Waals surface area contributed by atoms with Gasteiger partial charge in [-0.05, 0) is 42.7 Å². The van der Waals surface area contributed by atoms with Gasteiger partial charge in [-0.15, -0.1) is 0 Å². The molecule has 0 aliphatic heterocycles. The number of hydrogen-bond acceptors (Lipinski definition) is 3. The standard InChI is InChI=1S/C18H16ClN3O/c1-12-8-14(11-21-17(12)19)9-16(10-20)18(23)22-13(2)15-6-4-3-5-7-15/h3-9,11,13H,1-2H3,(H,22,23)/b16-9-. The first-order valence-corrected chi connectivity index (χ1v) is 7.49. The summed E-state index contributed by atoms with van der Waals surface area (Å²) in [7, 11) is 0. The minimum absolute atomic E-state index is 0.0244. The van der Waals surface area contributed by atoms with E-state index < -0.39 is 5.91 Å². The van der Waals surface area contributed by atoms with Crippen molar-refractivity contribution in [3.63, 3.8) is 0 Å². The molecular formula is C18H16ClN3O. The van der Waals surface area contributed by atoms with Gasteiger partial charge in [0.05, 0.1) is 6.04 Å². The Kier molecular flexibility index (Phi) is 5.51. The second-order valence-corrected chi connectivity index (χ2v) is 5.51. The highest BCUT2D eigenvalue weighted by Gasteiger charge is 2.13. The molecule has 0 bridgehead atoms.